The molecule has 1 heterocycles. The molecule has 0 aliphatic rings. The molecule has 0 fully saturated rings. The van der Waals surface area contributed by atoms with Crippen molar-refractivity contribution in [3.63, 3.8) is 0 Å². The van der Waals surface area contributed by atoms with Gasteiger partial charge in [0.2, 0.25) is 11.1 Å². The molecule has 21 heavy (non-hydrogen) atoms. The molecule has 0 unspecified atom stereocenters. The third-order valence-corrected chi connectivity index (χ3v) is 3.50. The number of rotatable bonds is 7. The second-order valence-corrected chi connectivity index (χ2v) is 5.46. The van der Waals surface area contributed by atoms with Gasteiger partial charge in [-0.25, -0.2) is 9.67 Å². The smallest absolute Gasteiger partial charge is 0.230 e. The Labute approximate surface area is 127 Å². The Hall–Kier alpha value is -1.86. The molecule has 1 amide bonds. The topological polar surface area (TPSA) is 69.0 Å². The van der Waals surface area contributed by atoms with E-state index in [2.05, 4.69) is 15.4 Å². The van der Waals surface area contributed by atoms with Gasteiger partial charge in [-0.3, -0.25) is 4.79 Å². The van der Waals surface area contributed by atoms with E-state index in [1.54, 1.807) is 18.1 Å². The highest BCUT2D eigenvalue weighted by molar-refractivity contribution is 7.99. The summed E-state index contributed by atoms with van der Waals surface area (Å²) in [5, 5.41) is 7.75. The van der Waals surface area contributed by atoms with Crippen LogP contribution in [-0.2, 0) is 9.53 Å². The fraction of sp³-hybridized carbons (Fsp3) is 0.357. The number of methoxy groups -OCH3 is 1. The Balaban J connectivity index is 1.84. The lowest BCUT2D eigenvalue weighted by Gasteiger charge is -2.11. The third-order valence-electron chi connectivity index (χ3n) is 2.65. The summed E-state index contributed by atoms with van der Waals surface area (Å²) in [5.74, 6) is 0.230. The molecule has 0 saturated heterocycles. The van der Waals surface area contributed by atoms with Crippen LogP contribution in [-0.4, -0.2) is 46.2 Å². The lowest BCUT2D eigenvalue weighted by Crippen LogP contribution is -2.36. The maximum Gasteiger partial charge on any atom is 0.230 e. The van der Waals surface area contributed by atoms with E-state index in [4.69, 9.17) is 4.74 Å². The number of aromatic nitrogens is 3. The first-order valence-electron chi connectivity index (χ1n) is 6.57. The Bertz CT molecular complexity index is 573. The quantitative estimate of drug-likeness (QED) is 0.785. The van der Waals surface area contributed by atoms with Crippen LogP contribution in [0.5, 0.6) is 0 Å². The summed E-state index contributed by atoms with van der Waals surface area (Å²) in [6.45, 7) is 2.39. The highest BCUT2D eigenvalue weighted by Gasteiger charge is 2.10. The van der Waals surface area contributed by atoms with Gasteiger partial charge in [0, 0.05) is 13.2 Å². The van der Waals surface area contributed by atoms with Gasteiger partial charge in [-0.1, -0.05) is 30.0 Å². The molecule has 2 rings (SSSR count). The first-order chi connectivity index (χ1) is 10.2. The van der Waals surface area contributed by atoms with E-state index in [1.165, 1.54) is 11.8 Å². The molecule has 1 aromatic heterocycles. The first kappa shape index (κ1) is 15.5. The van der Waals surface area contributed by atoms with Crippen LogP contribution in [0.4, 0.5) is 0 Å². The summed E-state index contributed by atoms with van der Waals surface area (Å²) in [6, 6.07) is 9.72. The zero-order chi connectivity index (χ0) is 15.1. The van der Waals surface area contributed by atoms with Gasteiger partial charge in [0.25, 0.3) is 0 Å². The summed E-state index contributed by atoms with van der Waals surface area (Å²) in [4.78, 5) is 15.9. The highest BCUT2D eigenvalue weighted by Crippen LogP contribution is 2.13. The molecule has 0 radical (unpaired) electrons. The van der Waals surface area contributed by atoms with Crippen molar-refractivity contribution in [3.05, 3.63) is 36.7 Å². The molecule has 2 aromatic rings. The van der Waals surface area contributed by atoms with E-state index in [-0.39, 0.29) is 17.7 Å². The van der Waals surface area contributed by atoms with Crippen LogP contribution in [0.25, 0.3) is 5.69 Å². The average molecular weight is 306 g/mol. The predicted molar refractivity (Wildman–Crippen MR) is 81.6 cm³/mol. The molecular weight excluding hydrogens is 288 g/mol. The van der Waals surface area contributed by atoms with Gasteiger partial charge in [-0.15, -0.1) is 5.10 Å². The fourth-order valence-electron chi connectivity index (χ4n) is 1.76. The first-order valence-corrected chi connectivity index (χ1v) is 7.56. The molecule has 0 aliphatic carbocycles. The second kappa shape index (κ2) is 7.80. The summed E-state index contributed by atoms with van der Waals surface area (Å²) >= 11 is 1.31. The number of amides is 1. The molecule has 1 aromatic carbocycles. The standard InChI is InChI=1S/C14H18N4O2S/c1-11(8-20-2)16-13(19)9-21-14-15-10-18(17-14)12-6-4-3-5-7-12/h3-7,10-11H,8-9H2,1-2H3,(H,16,19)/t11-/m0/s1. The number of carbonyl (C=O) groups excluding carboxylic acids is 1. The van der Waals surface area contributed by atoms with E-state index < -0.39 is 0 Å². The average Bonchev–Trinajstić information content (AvgIpc) is 2.95. The van der Waals surface area contributed by atoms with E-state index in [9.17, 15) is 4.79 Å². The van der Waals surface area contributed by atoms with Crippen molar-refractivity contribution < 1.29 is 9.53 Å². The summed E-state index contributed by atoms with van der Waals surface area (Å²) in [7, 11) is 1.61. The third kappa shape index (κ3) is 4.87. The molecule has 0 aliphatic heterocycles. The number of benzene rings is 1. The lowest BCUT2D eigenvalue weighted by molar-refractivity contribution is -0.119. The van der Waals surface area contributed by atoms with Crippen molar-refractivity contribution in [3.8, 4) is 5.69 Å². The van der Waals surface area contributed by atoms with Crippen LogP contribution in [0.2, 0.25) is 0 Å². The molecule has 0 saturated carbocycles. The van der Waals surface area contributed by atoms with E-state index in [0.29, 0.717) is 11.8 Å². The number of thioether (sulfide) groups is 1. The number of nitrogens with one attached hydrogen (secondary N) is 1. The van der Waals surface area contributed by atoms with Gasteiger partial charge in [-0.05, 0) is 19.1 Å². The summed E-state index contributed by atoms with van der Waals surface area (Å²) in [6.07, 6.45) is 1.64. The number of para-hydroxylation sites is 1. The number of hydrogen-bond acceptors (Lipinski definition) is 5. The van der Waals surface area contributed by atoms with Gasteiger partial charge in [0.1, 0.15) is 6.33 Å². The van der Waals surface area contributed by atoms with Crippen LogP contribution in [0.1, 0.15) is 6.92 Å². The van der Waals surface area contributed by atoms with E-state index in [1.807, 2.05) is 37.3 Å². The molecule has 112 valence electrons. The fourth-order valence-corrected chi connectivity index (χ4v) is 2.37. The van der Waals surface area contributed by atoms with E-state index >= 15 is 0 Å². The Morgan fingerprint density at radius 1 is 1.43 bits per heavy atom. The minimum atomic E-state index is -0.0550. The maximum atomic E-state index is 11.7. The van der Waals surface area contributed by atoms with Crippen molar-refractivity contribution in [2.75, 3.05) is 19.5 Å². The van der Waals surface area contributed by atoms with Crippen LogP contribution in [0, 0.1) is 0 Å². The van der Waals surface area contributed by atoms with Gasteiger partial charge in [0.15, 0.2) is 0 Å². The van der Waals surface area contributed by atoms with Crippen molar-refractivity contribution in [2.45, 2.75) is 18.1 Å². The molecule has 6 nitrogen and oxygen atoms in total. The molecule has 1 atom stereocenters. The molecule has 1 N–H and O–H groups in total. The van der Waals surface area contributed by atoms with Crippen molar-refractivity contribution in [1.82, 2.24) is 20.1 Å². The van der Waals surface area contributed by atoms with Gasteiger partial charge < -0.3 is 10.1 Å². The molecular formula is C14H18N4O2S. The Kier molecular flexibility index (Phi) is 5.77. The van der Waals surface area contributed by atoms with E-state index in [0.717, 1.165) is 5.69 Å². The molecule has 0 bridgehead atoms. The Morgan fingerprint density at radius 2 is 2.19 bits per heavy atom. The zero-order valence-electron chi connectivity index (χ0n) is 12.0. The minimum Gasteiger partial charge on any atom is -0.383 e. The SMILES string of the molecule is COC[C@H](C)NC(=O)CSc1ncn(-c2ccccc2)n1. The van der Waals surface area contributed by atoms with Crippen LogP contribution < -0.4 is 5.32 Å². The van der Waals surface area contributed by atoms with Crippen molar-refractivity contribution >= 4 is 17.7 Å². The summed E-state index contributed by atoms with van der Waals surface area (Å²) < 4.78 is 6.66. The predicted octanol–water partition coefficient (Wildman–Crippen LogP) is 1.51. The number of hydrogen-bond donors (Lipinski definition) is 1. The number of carbonyl (C=O) groups is 1. The second-order valence-electron chi connectivity index (χ2n) is 4.52. The van der Waals surface area contributed by atoms with Gasteiger partial charge in [-0.2, -0.15) is 0 Å². The summed E-state index contributed by atoms with van der Waals surface area (Å²) in [5.41, 5.74) is 0.940. The monoisotopic (exact) mass is 306 g/mol. The van der Waals surface area contributed by atoms with Crippen molar-refractivity contribution in [2.24, 2.45) is 0 Å². The normalized spacial score (nSPS) is 12.1. The van der Waals surface area contributed by atoms with Crippen LogP contribution in [0.3, 0.4) is 0 Å². The van der Waals surface area contributed by atoms with Crippen molar-refractivity contribution in [1.29, 1.82) is 0 Å². The number of ether oxygens (including phenoxy) is 1. The van der Waals surface area contributed by atoms with Crippen LogP contribution >= 0.6 is 11.8 Å². The largest absolute Gasteiger partial charge is 0.383 e. The molecule has 7 heteroatoms. The maximum absolute atomic E-state index is 11.7. The molecule has 0 spiro atoms. The number of nitrogens with zero attached hydrogens (tertiary/aromatic N) is 3. The zero-order valence-corrected chi connectivity index (χ0v) is 12.8. The van der Waals surface area contributed by atoms with Gasteiger partial charge in [0.05, 0.1) is 18.0 Å². The van der Waals surface area contributed by atoms with Crippen LogP contribution in [0.15, 0.2) is 41.8 Å². The van der Waals surface area contributed by atoms with Gasteiger partial charge >= 0.3 is 0 Å². The highest BCUT2D eigenvalue weighted by atomic mass is 32.2. The lowest BCUT2D eigenvalue weighted by atomic mass is 10.3. The minimum absolute atomic E-state index is 0.00191. The Morgan fingerprint density at radius 3 is 2.90 bits per heavy atom.